The van der Waals surface area contributed by atoms with Crippen molar-refractivity contribution in [2.45, 2.75) is 19.9 Å². The Balaban J connectivity index is 1.67. The van der Waals surface area contributed by atoms with Crippen LogP contribution in [0.25, 0.3) is 33.4 Å². The third-order valence-corrected chi connectivity index (χ3v) is 5.79. The van der Waals surface area contributed by atoms with E-state index in [9.17, 15) is 9.65 Å². The van der Waals surface area contributed by atoms with Gasteiger partial charge in [0, 0.05) is 29.1 Å². The van der Waals surface area contributed by atoms with Crippen molar-refractivity contribution in [1.82, 2.24) is 24.7 Å². The number of hydrogen-bond acceptors (Lipinski definition) is 6. The number of hydrogen-bond donors (Lipinski definition) is 1. The second kappa shape index (κ2) is 8.37. The second-order valence-corrected chi connectivity index (χ2v) is 8.11. The number of aryl methyl sites for hydroxylation is 1. The van der Waals surface area contributed by atoms with Gasteiger partial charge in [-0.15, -0.1) is 0 Å². The molecule has 5 rings (SSSR count). The predicted molar refractivity (Wildman–Crippen MR) is 128 cm³/mol. The fraction of sp³-hybridized carbons (Fsp3) is 0.115. The lowest BCUT2D eigenvalue weighted by Crippen LogP contribution is -2.10. The Morgan fingerprint density at radius 3 is 2.68 bits per heavy atom. The minimum atomic E-state index is -0.311. The molecule has 0 aliphatic carbocycles. The lowest BCUT2D eigenvalue weighted by Gasteiger charge is -2.14. The number of aromatic nitrogens is 5. The van der Waals surface area contributed by atoms with Crippen LogP contribution in [-0.2, 0) is 0 Å². The summed E-state index contributed by atoms with van der Waals surface area (Å²) in [6.07, 6.45) is 4.77. The molecule has 0 aliphatic heterocycles. The lowest BCUT2D eigenvalue weighted by atomic mass is 10.0. The van der Waals surface area contributed by atoms with E-state index < -0.39 is 0 Å². The molecule has 3 aromatic heterocycles. The van der Waals surface area contributed by atoms with E-state index in [0.29, 0.717) is 39.2 Å². The highest BCUT2D eigenvalue weighted by atomic mass is 19.1. The Hall–Kier alpha value is -4.64. The van der Waals surface area contributed by atoms with Gasteiger partial charge < -0.3 is 5.73 Å². The summed E-state index contributed by atoms with van der Waals surface area (Å²) in [4.78, 5) is 13.0. The predicted octanol–water partition coefficient (Wildman–Crippen LogP) is 5.07. The van der Waals surface area contributed by atoms with E-state index in [1.807, 2.05) is 32.0 Å². The number of anilines is 1. The maximum atomic E-state index is 14.4. The molecule has 2 aromatic carbocycles. The molecular formula is C26H20FN7. The molecule has 0 spiro atoms. The number of nitrogen functional groups attached to an aromatic ring is 1. The molecular weight excluding hydrogens is 429 g/mol. The quantitative estimate of drug-likeness (QED) is 0.411. The first kappa shape index (κ1) is 21.2. The Morgan fingerprint density at radius 1 is 1.06 bits per heavy atom. The molecule has 0 saturated carbocycles. The van der Waals surface area contributed by atoms with Crippen molar-refractivity contribution in [3.05, 3.63) is 89.8 Å². The van der Waals surface area contributed by atoms with Crippen LogP contribution in [0.3, 0.4) is 0 Å². The molecule has 3 heterocycles. The van der Waals surface area contributed by atoms with Crippen LogP contribution in [0.1, 0.15) is 29.7 Å². The molecule has 0 aliphatic rings. The van der Waals surface area contributed by atoms with Crippen molar-refractivity contribution in [3.8, 4) is 28.5 Å². The van der Waals surface area contributed by atoms with Gasteiger partial charge in [-0.2, -0.15) is 10.4 Å². The number of nitrogens with zero attached hydrogens (tertiary/aromatic N) is 6. The molecule has 8 heteroatoms. The molecule has 0 saturated heterocycles. The molecule has 5 aromatic rings. The van der Waals surface area contributed by atoms with Gasteiger partial charge in [-0.3, -0.25) is 4.98 Å². The number of nitriles is 1. The third kappa shape index (κ3) is 3.63. The van der Waals surface area contributed by atoms with Crippen molar-refractivity contribution in [1.29, 1.82) is 5.26 Å². The number of nitrogens with two attached hydrogens (primary N) is 1. The molecule has 0 fully saturated rings. The summed E-state index contributed by atoms with van der Waals surface area (Å²) in [6, 6.07) is 15.9. The van der Waals surface area contributed by atoms with Gasteiger partial charge >= 0.3 is 0 Å². The minimum Gasteiger partial charge on any atom is -0.383 e. The van der Waals surface area contributed by atoms with Crippen molar-refractivity contribution >= 4 is 16.9 Å². The van der Waals surface area contributed by atoms with Gasteiger partial charge in [0.1, 0.15) is 23.7 Å². The fourth-order valence-corrected chi connectivity index (χ4v) is 4.12. The molecule has 34 heavy (non-hydrogen) atoms. The summed E-state index contributed by atoms with van der Waals surface area (Å²) in [7, 11) is 0. The summed E-state index contributed by atoms with van der Waals surface area (Å²) in [5, 5.41) is 14.9. The highest BCUT2D eigenvalue weighted by Gasteiger charge is 2.22. The van der Waals surface area contributed by atoms with E-state index >= 15 is 0 Å². The highest BCUT2D eigenvalue weighted by molar-refractivity contribution is 5.98. The normalized spacial score (nSPS) is 11.9. The monoisotopic (exact) mass is 449 g/mol. The molecule has 166 valence electrons. The third-order valence-electron chi connectivity index (χ3n) is 5.79. The van der Waals surface area contributed by atoms with Crippen molar-refractivity contribution in [2.75, 3.05) is 5.73 Å². The highest BCUT2D eigenvalue weighted by Crippen LogP contribution is 2.34. The summed E-state index contributed by atoms with van der Waals surface area (Å²) in [5.74, 6) is -0.00844. The molecule has 0 bridgehead atoms. The molecule has 7 nitrogen and oxygen atoms in total. The number of halogens is 1. The summed E-state index contributed by atoms with van der Waals surface area (Å²) in [6.45, 7) is 3.89. The van der Waals surface area contributed by atoms with Crippen LogP contribution >= 0.6 is 0 Å². The van der Waals surface area contributed by atoms with Crippen LogP contribution in [0.5, 0.6) is 0 Å². The van der Waals surface area contributed by atoms with E-state index in [4.69, 9.17) is 10.8 Å². The SMILES string of the molecule is Cc1cc(C#N)cc(-c2nn(C(C)c3cncc(-c4ccccc4F)c3)c3ncnc(N)c23)c1. The maximum absolute atomic E-state index is 14.4. The maximum Gasteiger partial charge on any atom is 0.164 e. The lowest BCUT2D eigenvalue weighted by molar-refractivity contribution is 0.579. The van der Waals surface area contributed by atoms with Crippen molar-refractivity contribution in [3.63, 3.8) is 0 Å². The van der Waals surface area contributed by atoms with Crippen LogP contribution in [0.15, 0.2) is 67.3 Å². The van der Waals surface area contributed by atoms with Gasteiger partial charge in [0.2, 0.25) is 0 Å². The zero-order chi connectivity index (χ0) is 23.8. The first-order valence-corrected chi connectivity index (χ1v) is 10.7. The summed E-state index contributed by atoms with van der Waals surface area (Å²) < 4.78 is 16.1. The Morgan fingerprint density at radius 2 is 1.88 bits per heavy atom. The molecule has 1 unspecified atom stereocenters. The molecule has 2 N–H and O–H groups in total. The standard InChI is InChI=1S/C26H20FN7/c1-15-7-17(11-28)9-18(8-15)24-23-25(29)31-14-32-26(23)34(33-24)16(2)19-10-20(13-30-12-19)21-5-3-4-6-22(21)27/h3-10,12-14,16H,1-2H3,(H2,29,31,32). The van der Waals surface area contributed by atoms with E-state index in [0.717, 1.165) is 16.7 Å². The average molecular weight is 449 g/mol. The first-order valence-electron chi connectivity index (χ1n) is 10.7. The Bertz CT molecular complexity index is 1580. The summed E-state index contributed by atoms with van der Waals surface area (Å²) >= 11 is 0. The van der Waals surface area contributed by atoms with Gasteiger partial charge in [0.15, 0.2) is 5.65 Å². The van der Waals surface area contributed by atoms with Crippen LogP contribution < -0.4 is 5.73 Å². The Kier molecular flexibility index (Phi) is 5.22. The molecule has 0 radical (unpaired) electrons. The van der Waals surface area contributed by atoms with Gasteiger partial charge in [-0.25, -0.2) is 19.0 Å². The van der Waals surface area contributed by atoms with Crippen LogP contribution in [0.4, 0.5) is 10.2 Å². The minimum absolute atomic E-state index is 0.287. The van der Waals surface area contributed by atoms with E-state index in [1.54, 1.807) is 41.3 Å². The average Bonchev–Trinajstić information content (AvgIpc) is 3.24. The van der Waals surface area contributed by atoms with Gasteiger partial charge in [-0.1, -0.05) is 18.2 Å². The number of rotatable bonds is 4. The number of fused-ring (bicyclic) bond motifs is 1. The molecule has 0 amide bonds. The zero-order valence-corrected chi connectivity index (χ0v) is 18.6. The topological polar surface area (TPSA) is 106 Å². The van der Waals surface area contributed by atoms with E-state index in [2.05, 4.69) is 21.0 Å². The van der Waals surface area contributed by atoms with Crippen LogP contribution in [-0.4, -0.2) is 24.7 Å². The van der Waals surface area contributed by atoms with Gasteiger partial charge in [0.25, 0.3) is 0 Å². The van der Waals surface area contributed by atoms with E-state index in [-0.39, 0.29) is 11.9 Å². The number of pyridine rings is 1. The summed E-state index contributed by atoms with van der Waals surface area (Å²) in [5.41, 5.74) is 11.6. The van der Waals surface area contributed by atoms with Crippen molar-refractivity contribution in [2.24, 2.45) is 0 Å². The van der Waals surface area contributed by atoms with Crippen molar-refractivity contribution < 1.29 is 4.39 Å². The first-order chi connectivity index (χ1) is 16.5. The van der Waals surface area contributed by atoms with Gasteiger partial charge in [0.05, 0.1) is 23.1 Å². The molecule has 1 atom stereocenters. The van der Waals surface area contributed by atoms with Gasteiger partial charge in [-0.05, 0) is 55.3 Å². The van der Waals surface area contributed by atoms with E-state index in [1.165, 1.54) is 12.4 Å². The smallest absolute Gasteiger partial charge is 0.164 e. The fourth-order valence-electron chi connectivity index (χ4n) is 4.12. The zero-order valence-electron chi connectivity index (χ0n) is 18.6. The van der Waals surface area contributed by atoms with Crippen LogP contribution in [0, 0.1) is 24.1 Å². The largest absolute Gasteiger partial charge is 0.383 e. The number of benzene rings is 2. The second-order valence-electron chi connectivity index (χ2n) is 8.11. The Labute approximate surface area is 195 Å². The van der Waals surface area contributed by atoms with Crippen LogP contribution in [0.2, 0.25) is 0 Å².